The van der Waals surface area contributed by atoms with Crippen LogP contribution in [-0.2, 0) is 9.59 Å². The van der Waals surface area contributed by atoms with Crippen LogP contribution in [0.3, 0.4) is 0 Å². The van der Waals surface area contributed by atoms with E-state index in [-0.39, 0.29) is 34.9 Å². The van der Waals surface area contributed by atoms with Crippen LogP contribution in [-0.4, -0.2) is 45.2 Å². The first-order chi connectivity index (χ1) is 12.6. The van der Waals surface area contributed by atoms with Crippen molar-refractivity contribution in [2.45, 2.75) is 58.2 Å². The standard InChI is InChI=1S/C22H30O5/c1-12-8-14-15-5-7-22(27,18(26)11-23)21(15,3)10-17(25)19(14)20(2)6-4-13(24)9-16(12)20/h4,6,9,12,14-15,17,19,23,25,27H,5,7-8,10-11H2,1-3H3/t12-,14-,15-,17+,19+,20+,21+,22-/m0/s1. The summed E-state index contributed by atoms with van der Waals surface area (Å²) in [6, 6.07) is 0. The number of hydrogen-bond donors (Lipinski definition) is 3. The van der Waals surface area contributed by atoms with Crippen LogP contribution >= 0.6 is 0 Å². The van der Waals surface area contributed by atoms with Crippen molar-refractivity contribution in [3.05, 3.63) is 23.8 Å². The number of carbonyl (C=O) groups is 2. The minimum Gasteiger partial charge on any atom is -0.393 e. The third-order valence-corrected chi connectivity index (χ3v) is 8.57. The van der Waals surface area contributed by atoms with Crippen molar-refractivity contribution >= 4 is 11.6 Å². The monoisotopic (exact) mass is 374 g/mol. The quantitative estimate of drug-likeness (QED) is 0.685. The molecule has 3 saturated carbocycles. The van der Waals surface area contributed by atoms with Gasteiger partial charge in [0.05, 0.1) is 6.10 Å². The maximum atomic E-state index is 12.4. The summed E-state index contributed by atoms with van der Waals surface area (Å²) < 4.78 is 0. The van der Waals surface area contributed by atoms with E-state index in [9.17, 15) is 24.9 Å². The van der Waals surface area contributed by atoms with Crippen molar-refractivity contribution in [3.8, 4) is 0 Å². The number of fused-ring (bicyclic) bond motifs is 5. The highest BCUT2D eigenvalue weighted by Gasteiger charge is 2.68. The summed E-state index contributed by atoms with van der Waals surface area (Å²) in [5.41, 5.74) is -1.59. The number of Topliss-reactive ketones (excluding diaryl/α,β-unsaturated/α-hetero) is 1. The number of aliphatic hydroxyl groups is 3. The topological polar surface area (TPSA) is 94.8 Å². The van der Waals surface area contributed by atoms with Crippen LogP contribution in [0.4, 0.5) is 0 Å². The molecule has 3 fully saturated rings. The van der Waals surface area contributed by atoms with Gasteiger partial charge >= 0.3 is 0 Å². The minimum absolute atomic E-state index is 0.00620. The van der Waals surface area contributed by atoms with Crippen LogP contribution in [0.25, 0.3) is 0 Å². The molecule has 4 aliphatic rings. The Labute approximate surface area is 160 Å². The number of ketones is 2. The summed E-state index contributed by atoms with van der Waals surface area (Å²) in [7, 11) is 0. The molecule has 5 nitrogen and oxygen atoms in total. The third-order valence-electron chi connectivity index (χ3n) is 8.57. The molecule has 27 heavy (non-hydrogen) atoms. The van der Waals surface area contributed by atoms with Crippen LogP contribution in [0, 0.1) is 34.5 Å². The van der Waals surface area contributed by atoms with Crippen molar-refractivity contribution in [2.24, 2.45) is 34.5 Å². The van der Waals surface area contributed by atoms with E-state index in [0.717, 1.165) is 18.4 Å². The summed E-state index contributed by atoms with van der Waals surface area (Å²) in [5, 5.41) is 31.9. The smallest absolute Gasteiger partial charge is 0.190 e. The van der Waals surface area contributed by atoms with Crippen molar-refractivity contribution in [1.29, 1.82) is 0 Å². The summed E-state index contributed by atoms with van der Waals surface area (Å²) in [4.78, 5) is 24.4. The molecule has 0 bridgehead atoms. The Hall–Kier alpha value is -1.30. The highest BCUT2D eigenvalue weighted by molar-refractivity contribution is 6.01. The first-order valence-corrected chi connectivity index (χ1v) is 10.1. The zero-order valence-corrected chi connectivity index (χ0v) is 16.3. The van der Waals surface area contributed by atoms with Crippen LogP contribution in [0.5, 0.6) is 0 Å². The van der Waals surface area contributed by atoms with Gasteiger partial charge in [0.25, 0.3) is 0 Å². The number of hydrogen-bond acceptors (Lipinski definition) is 5. The molecule has 0 saturated heterocycles. The second kappa shape index (κ2) is 5.85. The fourth-order valence-electron chi connectivity index (χ4n) is 7.34. The Kier molecular flexibility index (Phi) is 4.12. The molecule has 148 valence electrons. The largest absolute Gasteiger partial charge is 0.393 e. The van der Waals surface area contributed by atoms with Crippen molar-refractivity contribution < 1.29 is 24.9 Å². The lowest BCUT2D eigenvalue weighted by Crippen LogP contribution is -2.62. The zero-order chi connectivity index (χ0) is 19.8. The lowest BCUT2D eigenvalue weighted by Gasteiger charge is -2.60. The predicted molar refractivity (Wildman–Crippen MR) is 99.6 cm³/mol. The van der Waals surface area contributed by atoms with Crippen LogP contribution in [0.2, 0.25) is 0 Å². The van der Waals surface area contributed by atoms with Gasteiger partial charge in [0, 0.05) is 16.7 Å². The second-order valence-corrected chi connectivity index (χ2v) is 9.72. The van der Waals surface area contributed by atoms with Crippen LogP contribution in [0.15, 0.2) is 23.8 Å². The number of carbonyl (C=O) groups excluding carboxylic acids is 2. The molecular weight excluding hydrogens is 344 g/mol. The van der Waals surface area contributed by atoms with E-state index >= 15 is 0 Å². The zero-order valence-electron chi connectivity index (χ0n) is 16.3. The fraction of sp³-hybridized carbons (Fsp3) is 0.727. The van der Waals surface area contributed by atoms with E-state index in [1.807, 2.05) is 13.0 Å². The van der Waals surface area contributed by atoms with E-state index in [0.29, 0.717) is 12.8 Å². The normalized spacial score (nSPS) is 51.3. The highest BCUT2D eigenvalue weighted by Crippen LogP contribution is 2.67. The molecule has 4 aliphatic carbocycles. The first kappa shape index (κ1) is 19.0. The average molecular weight is 374 g/mol. The Morgan fingerprint density at radius 1 is 1.33 bits per heavy atom. The molecular formula is C22H30O5. The molecule has 0 aliphatic heterocycles. The maximum absolute atomic E-state index is 12.4. The predicted octanol–water partition coefficient (Wildman–Crippen LogP) is 1.80. The molecule has 0 unspecified atom stereocenters. The summed E-state index contributed by atoms with van der Waals surface area (Å²) in [5.74, 6) is -0.0768. The van der Waals surface area contributed by atoms with E-state index in [1.165, 1.54) is 0 Å². The Morgan fingerprint density at radius 2 is 2.04 bits per heavy atom. The van der Waals surface area contributed by atoms with Crippen molar-refractivity contribution in [1.82, 2.24) is 0 Å². The van der Waals surface area contributed by atoms with Crippen LogP contribution < -0.4 is 0 Å². The Balaban J connectivity index is 1.78. The van der Waals surface area contributed by atoms with Gasteiger partial charge in [0.15, 0.2) is 11.6 Å². The molecule has 4 rings (SSSR count). The summed E-state index contributed by atoms with van der Waals surface area (Å²) in [6.45, 7) is 5.48. The molecule has 0 aromatic heterocycles. The molecule has 0 aromatic rings. The molecule has 3 N–H and O–H groups in total. The van der Waals surface area contributed by atoms with Gasteiger partial charge in [-0.15, -0.1) is 0 Å². The lowest BCUT2D eigenvalue weighted by atomic mass is 9.45. The Morgan fingerprint density at radius 3 is 2.70 bits per heavy atom. The van der Waals surface area contributed by atoms with Gasteiger partial charge < -0.3 is 15.3 Å². The number of aliphatic hydroxyl groups excluding tert-OH is 2. The molecule has 0 heterocycles. The molecule has 5 heteroatoms. The molecule has 8 atom stereocenters. The third kappa shape index (κ3) is 2.28. The van der Waals surface area contributed by atoms with E-state index < -0.39 is 29.5 Å². The average Bonchev–Trinajstić information content (AvgIpc) is 2.87. The molecule has 0 aromatic carbocycles. The maximum Gasteiger partial charge on any atom is 0.190 e. The van der Waals surface area contributed by atoms with Gasteiger partial charge in [0.2, 0.25) is 0 Å². The van der Waals surface area contributed by atoms with Gasteiger partial charge in [-0.3, -0.25) is 9.59 Å². The van der Waals surface area contributed by atoms with Crippen molar-refractivity contribution in [2.75, 3.05) is 6.61 Å². The van der Waals surface area contributed by atoms with Gasteiger partial charge in [-0.25, -0.2) is 0 Å². The van der Waals surface area contributed by atoms with Gasteiger partial charge in [-0.1, -0.05) is 32.4 Å². The van der Waals surface area contributed by atoms with Gasteiger partial charge in [-0.2, -0.15) is 0 Å². The van der Waals surface area contributed by atoms with Gasteiger partial charge in [0.1, 0.15) is 12.2 Å². The Bertz CT molecular complexity index is 754. The van der Waals surface area contributed by atoms with Crippen LogP contribution in [0.1, 0.15) is 46.5 Å². The van der Waals surface area contributed by atoms with Crippen molar-refractivity contribution in [3.63, 3.8) is 0 Å². The minimum atomic E-state index is -1.57. The molecule has 0 radical (unpaired) electrons. The number of allylic oxidation sites excluding steroid dienone is 4. The number of rotatable bonds is 2. The van der Waals surface area contributed by atoms with Gasteiger partial charge in [-0.05, 0) is 55.6 Å². The highest BCUT2D eigenvalue weighted by atomic mass is 16.3. The van der Waals surface area contributed by atoms with E-state index in [4.69, 9.17) is 0 Å². The van der Waals surface area contributed by atoms with E-state index in [1.54, 1.807) is 12.2 Å². The fourth-order valence-corrected chi connectivity index (χ4v) is 7.34. The summed E-state index contributed by atoms with van der Waals surface area (Å²) >= 11 is 0. The second-order valence-electron chi connectivity index (χ2n) is 9.72. The summed E-state index contributed by atoms with van der Waals surface area (Å²) in [6.07, 6.45) is 6.87. The van der Waals surface area contributed by atoms with E-state index in [2.05, 4.69) is 13.8 Å². The first-order valence-electron chi connectivity index (χ1n) is 10.1. The molecule has 0 amide bonds. The molecule has 0 spiro atoms. The lowest BCUT2D eigenvalue weighted by molar-refractivity contribution is -0.180. The SMILES string of the molecule is C[C@H]1C[C@@H]2[C@H]([C@H](O)C[C@]3(C)[C@H]2CC[C@]3(O)C(=O)CO)[C@]2(C)C=CC(=O)C=C12.